The Labute approximate surface area is 96.7 Å². The van der Waals surface area contributed by atoms with Gasteiger partial charge in [-0.1, -0.05) is 6.92 Å². The number of hydrogen-bond acceptors (Lipinski definition) is 3. The van der Waals surface area contributed by atoms with E-state index in [-0.39, 0.29) is 36.0 Å². The van der Waals surface area contributed by atoms with E-state index in [2.05, 4.69) is 5.32 Å². The van der Waals surface area contributed by atoms with Gasteiger partial charge in [0, 0.05) is 25.4 Å². The standard InChI is InChI=1S/C9H15F3N2OS/c1-2-7-8(15)14(4-3-13-7)5-6-16-9(10,11)12/h7,13H,2-6H2,1H3. The van der Waals surface area contributed by atoms with Crippen molar-refractivity contribution in [1.82, 2.24) is 10.2 Å². The van der Waals surface area contributed by atoms with Crippen LogP contribution in [-0.4, -0.2) is 47.7 Å². The molecule has 0 aromatic rings. The van der Waals surface area contributed by atoms with Crippen molar-refractivity contribution < 1.29 is 18.0 Å². The molecule has 0 saturated carbocycles. The van der Waals surface area contributed by atoms with Gasteiger partial charge in [0.15, 0.2) is 0 Å². The van der Waals surface area contributed by atoms with Crippen molar-refractivity contribution in [3.8, 4) is 0 Å². The van der Waals surface area contributed by atoms with Crippen molar-refractivity contribution >= 4 is 17.7 Å². The Morgan fingerprint density at radius 2 is 2.25 bits per heavy atom. The van der Waals surface area contributed by atoms with Crippen LogP contribution < -0.4 is 5.32 Å². The van der Waals surface area contributed by atoms with Crippen molar-refractivity contribution in [2.24, 2.45) is 0 Å². The van der Waals surface area contributed by atoms with Gasteiger partial charge in [-0.2, -0.15) is 13.2 Å². The molecule has 1 atom stereocenters. The molecule has 1 heterocycles. The van der Waals surface area contributed by atoms with Crippen LogP contribution in [0.15, 0.2) is 0 Å². The van der Waals surface area contributed by atoms with Gasteiger partial charge in [-0.3, -0.25) is 4.79 Å². The summed E-state index contributed by atoms with van der Waals surface area (Å²) in [6.45, 7) is 3.19. The van der Waals surface area contributed by atoms with Crippen LogP contribution >= 0.6 is 11.8 Å². The highest BCUT2D eigenvalue weighted by molar-refractivity contribution is 8.00. The summed E-state index contributed by atoms with van der Waals surface area (Å²) < 4.78 is 35.7. The zero-order chi connectivity index (χ0) is 12.2. The third kappa shape index (κ3) is 4.21. The van der Waals surface area contributed by atoms with Crippen molar-refractivity contribution in [3.05, 3.63) is 0 Å². The summed E-state index contributed by atoms with van der Waals surface area (Å²) in [5.74, 6) is -0.178. The van der Waals surface area contributed by atoms with Crippen LogP contribution in [0, 0.1) is 0 Å². The molecular weight excluding hydrogens is 241 g/mol. The molecule has 0 spiro atoms. The smallest absolute Gasteiger partial charge is 0.339 e. The lowest BCUT2D eigenvalue weighted by molar-refractivity contribution is -0.135. The topological polar surface area (TPSA) is 32.3 Å². The van der Waals surface area contributed by atoms with Gasteiger partial charge in [0.25, 0.3) is 0 Å². The van der Waals surface area contributed by atoms with E-state index in [1.807, 2.05) is 6.92 Å². The number of halogens is 3. The third-order valence-corrected chi connectivity index (χ3v) is 3.13. The first-order chi connectivity index (χ1) is 7.44. The Hall–Kier alpha value is -0.430. The highest BCUT2D eigenvalue weighted by Gasteiger charge is 2.30. The van der Waals surface area contributed by atoms with Crippen LogP contribution in [0.25, 0.3) is 0 Å². The second-order valence-electron chi connectivity index (χ2n) is 3.53. The average molecular weight is 256 g/mol. The summed E-state index contributed by atoms with van der Waals surface area (Å²) in [5.41, 5.74) is -4.21. The maximum absolute atomic E-state index is 11.9. The molecule has 1 fully saturated rings. The molecule has 1 amide bonds. The second kappa shape index (κ2) is 5.77. The fourth-order valence-electron chi connectivity index (χ4n) is 1.60. The molecule has 1 unspecified atom stereocenters. The number of nitrogens with zero attached hydrogens (tertiary/aromatic N) is 1. The van der Waals surface area contributed by atoms with Gasteiger partial charge in [0.05, 0.1) is 6.04 Å². The number of piperazine rings is 1. The predicted molar refractivity (Wildman–Crippen MR) is 57.2 cm³/mol. The lowest BCUT2D eigenvalue weighted by Gasteiger charge is -2.32. The number of amides is 1. The molecule has 94 valence electrons. The number of carbonyl (C=O) groups is 1. The molecule has 1 aliphatic rings. The summed E-state index contributed by atoms with van der Waals surface area (Å²) in [5, 5.41) is 3.03. The molecule has 1 aliphatic heterocycles. The van der Waals surface area contributed by atoms with Crippen molar-refractivity contribution in [2.75, 3.05) is 25.4 Å². The van der Waals surface area contributed by atoms with Crippen molar-refractivity contribution in [2.45, 2.75) is 24.9 Å². The zero-order valence-corrected chi connectivity index (χ0v) is 9.83. The van der Waals surface area contributed by atoms with Gasteiger partial charge in [0.2, 0.25) is 5.91 Å². The van der Waals surface area contributed by atoms with E-state index in [4.69, 9.17) is 0 Å². The van der Waals surface area contributed by atoms with Crippen molar-refractivity contribution in [1.29, 1.82) is 0 Å². The minimum atomic E-state index is -4.21. The Kier molecular flexibility index (Phi) is 4.91. The maximum Gasteiger partial charge on any atom is 0.441 e. The van der Waals surface area contributed by atoms with E-state index in [0.717, 1.165) is 0 Å². The minimum Gasteiger partial charge on any atom is -0.339 e. The molecule has 7 heteroatoms. The van der Waals surface area contributed by atoms with Gasteiger partial charge in [0.1, 0.15) is 0 Å². The van der Waals surface area contributed by atoms with Crippen LogP contribution in [0.4, 0.5) is 13.2 Å². The van der Waals surface area contributed by atoms with Crippen molar-refractivity contribution in [3.63, 3.8) is 0 Å². The van der Waals surface area contributed by atoms with Crippen LogP contribution in [0.5, 0.6) is 0 Å². The zero-order valence-electron chi connectivity index (χ0n) is 9.01. The summed E-state index contributed by atoms with van der Waals surface area (Å²) in [6.07, 6.45) is 0.668. The number of rotatable bonds is 4. The van der Waals surface area contributed by atoms with Crippen LogP contribution in [-0.2, 0) is 4.79 Å². The van der Waals surface area contributed by atoms with Crippen LogP contribution in [0.2, 0.25) is 0 Å². The summed E-state index contributed by atoms with van der Waals surface area (Å²) in [4.78, 5) is 13.2. The quantitative estimate of drug-likeness (QED) is 0.826. The molecule has 3 nitrogen and oxygen atoms in total. The molecule has 0 aliphatic carbocycles. The maximum atomic E-state index is 11.9. The highest BCUT2D eigenvalue weighted by atomic mass is 32.2. The predicted octanol–water partition coefficient (Wildman–Crippen LogP) is 1.45. The van der Waals surface area contributed by atoms with E-state index >= 15 is 0 Å². The Morgan fingerprint density at radius 3 is 2.81 bits per heavy atom. The lowest BCUT2D eigenvalue weighted by atomic mass is 10.1. The van der Waals surface area contributed by atoms with Gasteiger partial charge < -0.3 is 10.2 Å². The SMILES string of the molecule is CCC1NCCN(CCSC(F)(F)F)C1=O. The lowest BCUT2D eigenvalue weighted by Crippen LogP contribution is -2.55. The fourth-order valence-corrected chi connectivity index (χ4v) is 2.15. The molecule has 1 saturated heterocycles. The van der Waals surface area contributed by atoms with Gasteiger partial charge >= 0.3 is 5.51 Å². The van der Waals surface area contributed by atoms with E-state index in [9.17, 15) is 18.0 Å². The first-order valence-electron chi connectivity index (χ1n) is 5.17. The number of nitrogens with one attached hydrogen (secondary N) is 1. The van der Waals surface area contributed by atoms with E-state index in [1.165, 1.54) is 4.90 Å². The Balaban J connectivity index is 2.33. The first kappa shape index (κ1) is 13.6. The van der Waals surface area contributed by atoms with E-state index in [0.29, 0.717) is 19.5 Å². The molecule has 0 aromatic carbocycles. The summed E-state index contributed by atoms with van der Waals surface area (Å²) in [6, 6.07) is -0.232. The highest BCUT2D eigenvalue weighted by Crippen LogP contribution is 2.29. The number of alkyl halides is 3. The Bertz CT molecular complexity index is 247. The average Bonchev–Trinajstić information content (AvgIpc) is 2.19. The van der Waals surface area contributed by atoms with Gasteiger partial charge in [-0.05, 0) is 18.2 Å². The largest absolute Gasteiger partial charge is 0.441 e. The summed E-state index contributed by atoms with van der Waals surface area (Å²) in [7, 11) is 0. The summed E-state index contributed by atoms with van der Waals surface area (Å²) >= 11 is -0.0762. The first-order valence-corrected chi connectivity index (χ1v) is 6.15. The second-order valence-corrected chi connectivity index (χ2v) is 4.69. The van der Waals surface area contributed by atoms with E-state index < -0.39 is 5.51 Å². The Morgan fingerprint density at radius 1 is 1.56 bits per heavy atom. The molecule has 1 N–H and O–H groups in total. The van der Waals surface area contributed by atoms with Crippen LogP contribution in [0.1, 0.15) is 13.3 Å². The molecule has 16 heavy (non-hydrogen) atoms. The number of carbonyl (C=O) groups excluding carboxylic acids is 1. The van der Waals surface area contributed by atoms with E-state index in [1.54, 1.807) is 0 Å². The normalized spacial score (nSPS) is 22.6. The molecule has 0 bridgehead atoms. The molecule has 0 aromatic heterocycles. The third-order valence-electron chi connectivity index (χ3n) is 2.42. The molecule has 0 radical (unpaired) electrons. The monoisotopic (exact) mass is 256 g/mol. The van der Waals surface area contributed by atoms with Gasteiger partial charge in [-0.15, -0.1) is 0 Å². The molecular formula is C9H15F3N2OS. The number of hydrogen-bond donors (Lipinski definition) is 1. The minimum absolute atomic E-state index is 0.0762. The fraction of sp³-hybridized carbons (Fsp3) is 0.889. The molecule has 1 rings (SSSR count). The van der Waals surface area contributed by atoms with Gasteiger partial charge in [-0.25, -0.2) is 0 Å². The number of thioether (sulfide) groups is 1. The van der Waals surface area contributed by atoms with Crippen LogP contribution in [0.3, 0.4) is 0 Å².